The number of anilines is 1. The van der Waals surface area contributed by atoms with Crippen molar-refractivity contribution in [2.24, 2.45) is 5.10 Å². The van der Waals surface area contributed by atoms with Crippen LogP contribution in [0.2, 0.25) is 10.0 Å². The molecule has 0 aliphatic heterocycles. The van der Waals surface area contributed by atoms with Gasteiger partial charge in [0.2, 0.25) is 0 Å². The van der Waals surface area contributed by atoms with Crippen LogP contribution >= 0.6 is 23.2 Å². The van der Waals surface area contributed by atoms with Gasteiger partial charge in [0.25, 0.3) is 5.69 Å². The standard InChI is InChI=1S/C20H15Cl2N3O3/c21-19-10-3-15(11-20(19)22)13-28-18-8-1-14(2-9-18)12-23-24-16-4-6-17(7-5-16)25(26)27/h1-12,24H,13H2/b23-12+. The van der Waals surface area contributed by atoms with Crippen LogP contribution in [0.25, 0.3) is 0 Å². The predicted molar refractivity (Wildman–Crippen MR) is 112 cm³/mol. The van der Waals surface area contributed by atoms with Gasteiger partial charge in [-0.25, -0.2) is 0 Å². The fourth-order valence-electron chi connectivity index (χ4n) is 2.29. The minimum atomic E-state index is -0.446. The Morgan fingerprint density at radius 2 is 1.71 bits per heavy atom. The maximum atomic E-state index is 10.6. The summed E-state index contributed by atoms with van der Waals surface area (Å²) in [6, 6.07) is 18.8. The lowest BCUT2D eigenvalue weighted by atomic mass is 10.2. The van der Waals surface area contributed by atoms with Crippen molar-refractivity contribution in [2.75, 3.05) is 5.43 Å². The molecule has 142 valence electrons. The number of nitro groups is 1. The van der Waals surface area contributed by atoms with Gasteiger partial charge in [0, 0.05) is 12.1 Å². The molecule has 28 heavy (non-hydrogen) atoms. The van der Waals surface area contributed by atoms with Gasteiger partial charge in [0.05, 0.1) is 26.9 Å². The molecule has 0 aromatic heterocycles. The number of non-ortho nitro benzene ring substituents is 1. The molecule has 0 spiro atoms. The van der Waals surface area contributed by atoms with Gasteiger partial charge in [-0.2, -0.15) is 5.10 Å². The minimum Gasteiger partial charge on any atom is -0.489 e. The molecule has 0 saturated heterocycles. The summed E-state index contributed by atoms with van der Waals surface area (Å²) in [6.45, 7) is 0.381. The third kappa shape index (κ3) is 5.45. The highest BCUT2D eigenvalue weighted by Crippen LogP contribution is 2.23. The zero-order valence-electron chi connectivity index (χ0n) is 14.5. The van der Waals surface area contributed by atoms with E-state index in [-0.39, 0.29) is 5.69 Å². The van der Waals surface area contributed by atoms with Crippen LogP contribution in [-0.2, 0) is 6.61 Å². The van der Waals surface area contributed by atoms with E-state index in [4.69, 9.17) is 27.9 Å². The van der Waals surface area contributed by atoms with Gasteiger partial charge < -0.3 is 4.74 Å². The van der Waals surface area contributed by atoms with Crippen molar-refractivity contribution >= 4 is 40.8 Å². The molecule has 0 fully saturated rings. The van der Waals surface area contributed by atoms with Gasteiger partial charge in [-0.05, 0) is 59.7 Å². The van der Waals surface area contributed by atoms with Gasteiger partial charge in [-0.15, -0.1) is 0 Å². The van der Waals surface area contributed by atoms with E-state index in [1.165, 1.54) is 12.1 Å². The number of benzene rings is 3. The fraction of sp³-hybridized carbons (Fsp3) is 0.0500. The number of hydrogen-bond acceptors (Lipinski definition) is 5. The minimum absolute atomic E-state index is 0.0333. The van der Waals surface area contributed by atoms with Crippen LogP contribution in [0, 0.1) is 10.1 Å². The number of nitro benzene ring substituents is 1. The van der Waals surface area contributed by atoms with E-state index in [0.29, 0.717) is 28.1 Å². The molecule has 0 aliphatic carbocycles. The molecular weight excluding hydrogens is 401 g/mol. The number of nitrogens with zero attached hydrogens (tertiary/aromatic N) is 2. The maximum absolute atomic E-state index is 10.6. The monoisotopic (exact) mass is 415 g/mol. The Bertz CT molecular complexity index is 991. The van der Waals surface area contributed by atoms with Crippen molar-refractivity contribution < 1.29 is 9.66 Å². The Morgan fingerprint density at radius 3 is 2.36 bits per heavy atom. The van der Waals surface area contributed by atoms with Gasteiger partial charge in [0.15, 0.2) is 0 Å². The first-order valence-electron chi connectivity index (χ1n) is 8.21. The van der Waals surface area contributed by atoms with Crippen molar-refractivity contribution in [1.82, 2.24) is 0 Å². The Morgan fingerprint density at radius 1 is 1.00 bits per heavy atom. The molecule has 0 bridgehead atoms. The van der Waals surface area contributed by atoms with Crippen molar-refractivity contribution in [1.29, 1.82) is 0 Å². The van der Waals surface area contributed by atoms with E-state index in [9.17, 15) is 10.1 Å². The largest absolute Gasteiger partial charge is 0.489 e. The number of hydrogen-bond donors (Lipinski definition) is 1. The van der Waals surface area contributed by atoms with E-state index in [1.54, 1.807) is 30.5 Å². The number of hydrazone groups is 1. The predicted octanol–water partition coefficient (Wildman–Crippen LogP) is 5.93. The molecule has 0 unspecified atom stereocenters. The molecule has 0 atom stereocenters. The lowest BCUT2D eigenvalue weighted by Gasteiger charge is -2.07. The maximum Gasteiger partial charge on any atom is 0.269 e. The first-order valence-corrected chi connectivity index (χ1v) is 8.97. The van der Waals surface area contributed by atoms with Crippen molar-refractivity contribution in [2.45, 2.75) is 6.61 Å². The van der Waals surface area contributed by atoms with Crippen LogP contribution in [0.4, 0.5) is 11.4 Å². The van der Waals surface area contributed by atoms with Gasteiger partial charge >= 0.3 is 0 Å². The van der Waals surface area contributed by atoms with Crippen LogP contribution in [-0.4, -0.2) is 11.1 Å². The molecule has 1 N–H and O–H groups in total. The summed E-state index contributed by atoms with van der Waals surface area (Å²) in [5.41, 5.74) is 5.31. The zero-order chi connectivity index (χ0) is 19.9. The average molecular weight is 416 g/mol. The second kappa shape index (κ2) is 9.21. The second-order valence-electron chi connectivity index (χ2n) is 5.78. The van der Waals surface area contributed by atoms with Gasteiger partial charge in [0.1, 0.15) is 12.4 Å². The Kier molecular flexibility index (Phi) is 6.47. The van der Waals surface area contributed by atoms with Gasteiger partial charge in [-0.1, -0.05) is 29.3 Å². The Hall–Kier alpha value is -3.09. The fourth-order valence-corrected chi connectivity index (χ4v) is 2.61. The first-order chi connectivity index (χ1) is 13.5. The highest BCUT2D eigenvalue weighted by Gasteiger charge is 2.03. The molecule has 8 heteroatoms. The average Bonchev–Trinajstić information content (AvgIpc) is 2.70. The van der Waals surface area contributed by atoms with E-state index in [1.807, 2.05) is 30.3 Å². The summed E-state index contributed by atoms with van der Waals surface area (Å²) in [5, 5.41) is 15.7. The van der Waals surface area contributed by atoms with Crippen molar-refractivity contribution in [3.8, 4) is 5.75 Å². The summed E-state index contributed by atoms with van der Waals surface area (Å²) in [5.74, 6) is 0.714. The molecule has 0 amide bonds. The Labute approximate surface area is 171 Å². The lowest BCUT2D eigenvalue weighted by Crippen LogP contribution is -1.96. The summed E-state index contributed by atoms with van der Waals surface area (Å²) >= 11 is 11.9. The smallest absolute Gasteiger partial charge is 0.269 e. The van der Waals surface area contributed by atoms with Crippen molar-refractivity contribution in [3.05, 3.63) is 98.0 Å². The molecule has 3 aromatic rings. The SMILES string of the molecule is O=[N+]([O-])c1ccc(N/N=C/c2ccc(OCc3ccc(Cl)c(Cl)c3)cc2)cc1. The highest BCUT2D eigenvalue weighted by molar-refractivity contribution is 6.42. The number of halogens is 2. The zero-order valence-corrected chi connectivity index (χ0v) is 16.0. The van der Waals surface area contributed by atoms with Crippen molar-refractivity contribution in [3.63, 3.8) is 0 Å². The van der Waals surface area contributed by atoms with E-state index < -0.39 is 4.92 Å². The molecule has 0 heterocycles. The number of ether oxygens (including phenoxy) is 1. The molecule has 3 aromatic carbocycles. The summed E-state index contributed by atoms with van der Waals surface area (Å²) in [6.07, 6.45) is 1.64. The third-order valence-electron chi connectivity index (χ3n) is 3.76. The normalized spacial score (nSPS) is 10.8. The van der Waals surface area contributed by atoms with E-state index in [0.717, 1.165) is 11.1 Å². The molecule has 0 saturated carbocycles. The molecular formula is C20H15Cl2N3O3. The van der Waals surface area contributed by atoms with Crippen LogP contribution < -0.4 is 10.2 Å². The van der Waals surface area contributed by atoms with E-state index in [2.05, 4.69) is 10.5 Å². The van der Waals surface area contributed by atoms with Crippen LogP contribution in [0.3, 0.4) is 0 Å². The van der Waals surface area contributed by atoms with Gasteiger partial charge in [-0.3, -0.25) is 15.5 Å². The van der Waals surface area contributed by atoms with Crippen LogP contribution in [0.15, 0.2) is 71.8 Å². The third-order valence-corrected chi connectivity index (χ3v) is 4.49. The molecule has 6 nitrogen and oxygen atoms in total. The summed E-state index contributed by atoms with van der Waals surface area (Å²) < 4.78 is 5.73. The topological polar surface area (TPSA) is 76.8 Å². The lowest BCUT2D eigenvalue weighted by molar-refractivity contribution is -0.384. The molecule has 0 radical (unpaired) electrons. The Balaban J connectivity index is 1.52. The van der Waals surface area contributed by atoms with Crippen LogP contribution in [0.1, 0.15) is 11.1 Å². The quantitative estimate of drug-likeness (QED) is 0.294. The second-order valence-corrected chi connectivity index (χ2v) is 6.59. The highest BCUT2D eigenvalue weighted by atomic mass is 35.5. The summed E-state index contributed by atoms with van der Waals surface area (Å²) in [7, 11) is 0. The first kappa shape index (κ1) is 19.7. The van der Waals surface area contributed by atoms with Crippen LogP contribution in [0.5, 0.6) is 5.75 Å². The number of rotatable bonds is 7. The number of nitrogens with one attached hydrogen (secondary N) is 1. The molecule has 3 rings (SSSR count). The molecule has 0 aliphatic rings. The van der Waals surface area contributed by atoms with E-state index >= 15 is 0 Å². The summed E-state index contributed by atoms with van der Waals surface area (Å²) in [4.78, 5) is 10.2.